The molecule has 0 fully saturated rings. The van der Waals surface area contributed by atoms with Crippen LogP contribution in [0.3, 0.4) is 0 Å². The number of halogens is 3. The molecule has 0 saturated carbocycles. The Bertz CT molecular complexity index is 225. The van der Waals surface area contributed by atoms with Crippen LogP contribution in [0.5, 0.6) is 0 Å². The first-order valence-electron chi connectivity index (χ1n) is 3.86. The molecular formula is C6H14F3NO3S. The Morgan fingerprint density at radius 1 is 1.29 bits per heavy atom. The van der Waals surface area contributed by atoms with Crippen LogP contribution in [-0.4, -0.2) is 39.0 Å². The molecule has 0 spiro atoms. The minimum absolute atomic E-state index is 0.657. The van der Waals surface area contributed by atoms with Crippen molar-refractivity contribution < 1.29 is 31.5 Å². The second-order valence-electron chi connectivity index (χ2n) is 2.56. The van der Waals surface area contributed by atoms with Crippen molar-refractivity contribution in [3.63, 3.8) is 0 Å². The average molecular weight is 237 g/mol. The van der Waals surface area contributed by atoms with Crippen LogP contribution >= 0.6 is 0 Å². The van der Waals surface area contributed by atoms with Gasteiger partial charge < -0.3 is 9.87 Å². The lowest BCUT2D eigenvalue weighted by Crippen LogP contribution is -2.74. The predicted molar refractivity (Wildman–Crippen MR) is 43.6 cm³/mol. The molecule has 0 radical (unpaired) electrons. The van der Waals surface area contributed by atoms with E-state index in [2.05, 4.69) is 0 Å². The summed E-state index contributed by atoms with van der Waals surface area (Å²) in [6.07, 6.45) is -6.27. The van der Waals surface area contributed by atoms with Crippen molar-refractivity contribution in [1.82, 2.24) is 0 Å². The average Bonchev–Trinajstić information content (AvgIpc) is 1.81. The molecule has 0 amide bonds. The Kier molecular flexibility index (Phi) is 8.07. The van der Waals surface area contributed by atoms with Gasteiger partial charge in [-0.1, -0.05) is 0 Å². The van der Waals surface area contributed by atoms with E-state index >= 15 is 0 Å². The first-order valence-corrected chi connectivity index (χ1v) is 5.44. The summed E-state index contributed by atoms with van der Waals surface area (Å²) in [5.41, 5.74) is 0. The van der Waals surface area contributed by atoms with Crippen LogP contribution in [0.1, 0.15) is 12.8 Å². The summed E-state index contributed by atoms with van der Waals surface area (Å²) < 4.78 is 63.4. The Hall–Kier alpha value is -0.340. The van der Waals surface area contributed by atoms with Gasteiger partial charge in [-0.2, -0.15) is 13.2 Å². The highest BCUT2D eigenvalue weighted by Crippen LogP contribution is 2.21. The van der Waals surface area contributed by atoms with E-state index in [1.165, 1.54) is 0 Å². The Morgan fingerprint density at radius 3 is 1.86 bits per heavy atom. The summed E-state index contributed by atoms with van der Waals surface area (Å²) in [4.78, 5) is 0. The highest BCUT2D eigenvalue weighted by atomic mass is 32.2. The molecule has 0 rings (SSSR count). The van der Waals surface area contributed by atoms with E-state index in [0.717, 1.165) is 0 Å². The van der Waals surface area contributed by atoms with E-state index in [0.29, 0.717) is 0 Å². The maximum atomic E-state index is 11.3. The van der Waals surface area contributed by atoms with Crippen molar-refractivity contribution in [2.24, 2.45) is 0 Å². The minimum Gasteiger partial charge on any atom is -0.748 e. The fourth-order valence-electron chi connectivity index (χ4n) is 0.449. The number of hydrogen-bond donors (Lipinski definition) is 1. The van der Waals surface area contributed by atoms with Crippen molar-refractivity contribution in [1.29, 1.82) is 0 Å². The smallest absolute Gasteiger partial charge is 0.389 e. The zero-order chi connectivity index (χ0) is 11.8. The predicted octanol–water partition coefficient (Wildman–Crippen LogP) is -0.317. The van der Waals surface area contributed by atoms with Crippen LogP contribution in [0.25, 0.3) is 0 Å². The molecule has 0 heterocycles. The molecule has 0 aliphatic carbocycles. The SMILES string of the molecule is C[NH2+]C.O=S(=O)([O-])CCCC(F)(F)F. The van der Waals surface area contributed by atoms with Gasteiger partial charge in [0.25, 0.3) is 0 Å². The molecule has 2 N–H and O–H groups in total. The lowest BCUT2D eigenvalue weighted by atomic mass is 10.3. The highest BCUT2D eigenvalue weighted by Gasteiger charge is 2.26. The van der Waals surface area contributed by atoms with E-state index in [9.17, 15) is 26.1 Å². The summed E-state index contributed by atoms with van der Waals surface area (Å²) in [6, 6.07) is 0. The number of nitrogens with two attached hydrogens (primary N) is 1. The van der Waals surface area contributed by atoms with E-state index in [-0.39, 0.29) is 0 Å². The van der Waals surface area contributed by atoms with Crippen LogP contribution in [-0.2, 0) is 10.1 Å². The molecule has 0 bridgehead atoms. The third-order valence-electron chi connectivity index (χ3n) is 0.855. The van der Waals surface area contributed by atoms with Gasteiger partial charge in [-0.25, -0.2) is 8.42 Å². The molecule has 0 aromatic heterocycles. The lowest BCUT2D eigenvalue weighted by Gasteiger charge is -2.07. The fraction of sp³-hybridized carbons (Fsp3) is 1.00. The van der Waals surface area contributed by atoms with E-state index in [1.54, 1.807) is 0 Å². The van der Waals surface area contributed by atoms with E-state index < -0.39 is 34.9 Å². The minimum atomic E-state index is -4.50. The lowest BCUT2D eigenvalue weighted by molar-refractivity contribution is -0.597. The number of quaternary nitrogens is 1. The molecule has 88 valence electrons. The molecule has 0 unspecified atom stereocenters. The molecule has 8 heteroatoms. The first-order chi connectivity index (χ1) is 6.12. The zero-order valence-electron chi connectivity index (χ0n) is 7.97. The summed E-state index contributed by atoms with van der Waals surface area (Å²) in [7, 11) is -0.497. The van der Waals surface area contributed by atoms with Gasteiger partial charge in [-0.3, -0.25) is 0 Å². The monoisotopic (exact) mass is 237 g/mol. The molecule has 0 atom stereocenters. The number of rotatable bonds is 3. The van der Waals surface area contributed by atoms with Crippen molar-refractivity contribution in [2.45, 2.75) is 19.0 Å². The fourth-order valence-corrected chi connectivity index (χ4v) is 0.947. The number of hydrogen-bond acceptors (Lipinski definition) is 3. The second kappa shape index (κ2) is 7.02. The van der Waals surface area contributed by atoms with Gasteiger partial charge in [-0.05, 0) is 6.42 Å². The summed E-state index contributed by atoms with van der Waals surface area (Å²) in [5.74, 6) is -0.952. The normalized spacial score (nSPS) is 11.9. The van der Waals surface area contributed by atoms with Gasteiger partial charge in [0, 0.05) is 12.2 Å². The molecule has 0 aliphatic rings. The molecule has 0 aliphatic heterocycles. The van der Waals surface area contributed by atoms with Crippen LogP contribution in [0, 0.1) is 0 Å². The first kappa shape index (κ1) is 16.1. The molecule has 14 heavy (non-hydrogen) atoms. The van der Waals surface area contributed by atoms with Gasteiger partial charge in [0.1, 0.15) is 0 Å². The third kappa shape index (κ3) is 22.6. The quantitative estimate of drug-likeness (QED) is 0.684. The maximum Gasteiger partial charge on any atom is 0.389 e. The van der Waals surface area contributed by atoms with E-state index in [1.807, 2.05) is 19.4 Å². The van der Waals surface area contributed by atoms with Crippen LogP contribution in [0.2, 0.25) is 0 Å². The van der Waals surface area contributed by atoms with Gasteiger partial charge in [0.15, 0.2) is 0 Å². The van der Waals surface area contributed by atoms with Crippen molar-refractivity contribution in [3.8, 4) is 0 Å². The molecule has 0 saturated heterocycles. The van der Waals surface area contributed by atoms with Crippen LogP contribution in [0.15, 0.2) is 0 Å². The zero-order valence-corrected chi connectivity index (χ0v) is 8.78. The van der Waals surface area contributed by atoms with Crippen LogP contribution in [0.4, 0.5) is 13.2 Å². The molecule has 4 nitrogen and oxygen atoms in total. The van der Waals surface area contributed by atoms with Crippen molar-refractivity contribution >= 4 is 10.1 Å². The van der Waals surface area contributed by atoms with Gasteiger partial charge in [-0.15, -0.1) is 0 Å². The summed E-state index contributed by atoms with van der Waals surface area (Å²) in [5, 5.41) is 2.00. The Labute approximate surface area is 81.2 Å². The maximum absolute atomic E-state index is 11.3. The van der Waals surface area contributed by atoms with Gasteiger partial charge in [0.05, 0.1) is 24.2 Å². The summed E-state index contributed by atoms with van der Waals surface area (Å²) in [6.45, 7) is 0. The van der Waals surface area contributed by atoms with Gasteiger partial charge >= 0.3 is 6.18 Å². The van der Waals surface area contributed by atoms with Crippen molar-refractivity contribution in [3.05, 3.63) is 0 Å². The largest absolute Gasteiger partial charge is 0.748 e. The Morgan fingerprint density at radius 2 is 1.64 bits per heavy atom. The standard InChI is InChI=1S/C4H7F3O3S.C2H7N/c5-4(6,7)2-1-3-11(8,9)10;1-3-2/h1-3H2,(H,8,9,10);3H,1-2H3. The van der Waals surface area contributed by atoms with Crippen molar-refractivity contribution in [2.75, 3.05) is 19.8 Å². The van der Waals surface area contributed by atoms with E-state index in [4.69, 9.17) is 0 Å². The molecular weight excluding hydrogens is 223 g/mol. The van der Waals surface area contributed by atoms with Crippen LogP contribution < -0.4 is 5.32 Å². The Balaban J connectivity index is 0. The topological polar surface area (TPSA) is 73.8 Å². The molecule has 0 aromatic rings. The number of alkyl halides is 3. The summed E-state index contributed by atoms with van der Waals surface area (Å²) >= 11 is 0. The third-order valence-corrected chi connectivity index (χ3v) is 1.64. The second-order valence-corrected chi connectivity index (χ2v) is 4.08. The molecule has 0 aromatic carbocycles. The highest BCUT2D eigenvalue weighted by molar-refractivity contribution is 7.85. The van der Waals surface area contributed by atoms with Gasteiger partial charge in [0.2, 0.25) is 0 Å².